The molecular weight excluding hydrogens is 1060 g/mol. The minimum atomic E-state index is 0.514. The van der Waals surface area contributed by atoms with E-state index in [2.05, 4.69) is 271 Å². The number of para-hydroxylation sites is 2. The zero-order chi connectivity index (χ0) is 57.4. The third kappa shape index (κ3) is 8.61. The van der Waals surface area contributed by atoms with Crippen molar-refractivity contribution in [1.29, 1.82) is 0 Å². The molecule has 0 saturated heterocycles. The molecule has 17 rings (SSSR count). The molecule has 0 atom stereocenters. The number of hydrogen-bond donors (Lipinski definition) is 0. The van der Waals surface area contributed by atoms with E-state index in [9.17, 15) is 0 Å². The fourth-order valence-electron chi connectivity index (χ4n) is 13.0. The van der Waals surface area contributed by atoms with Gasteiger partial charge in [-0.25, -0.2) is 15.0 Å². The van der Waals surface area contributed by atoms with Gasteiger partial charge in [-0.15, -0.1) is 0 Å². The van der Waals surface area contributed by atoms with Crippen LogP contribution in [0.1, 0.15) is 0 Å². The quantitative estimate of drug-likeness (QED) is 0.136. The highest BCUT2D eigenvalue weighted by molar-refractivity contribution is 6.20. The second-order valence-corrected chi connectivity index (χ2v) is 22.2. The summed E-state index contributed by atoms with van der Waals surface area (Å²) in [4.78, 5) is 16.3. The average molecular weight is 1110 g/mol. The Morgan fingerprint density at radius 2 is 0.586 bits per heavy atom. The Bertz CT molecular complexity index is 5290. The van der Waals surface area contributed by atoms with Crippen LogP contribution in [0, 0.1) is 0 Å². The largest absolute Gasteiger partial charge is 0.456 e. The van der Waals surface area contributed by atoms with Gasteiger partial charge in [-0.2, -0.15) is 0 Å². The molecule has 87 heavy (non-hydrogen) atoms. The molecule has 0 aliphatic rings. The Morgan fingerprint density at radius 1 is 0.218 bits per heavy atom. The lowest BCUT2D eigenvalue weighted by Crippen LogP contribution is -2.04. The van der Waals surface area contributed by atoms with Gasteiger partial charge in [0.2, 0.25) is 0 Å². The van der Waals surface area contributed by atoms with E-state index in [1.165, 1.54) is 0 Å². The van der Waals surface area contributed by atoms with Crippen molar-refractivity contribution < 1.29 is 8.83 Å². The van der Waals surface area contributed by atoms with Gasteiger partial charge in [0.25, 0.3) is 0 Å². The summed E-state index contributed by atoms with van der Waals surface area (Å²) < 4.78 is 15.6. The van der Waals surface area contributed by atoms with Gasteiger partial charge in [0.1, 0.15) is 22.3 Å². The zero-order valence-corrected chi connectivity index (χ0v) is 47.0. The second-order valence-electron chi connectivity index (χ2n) is 22.2. The van der Waals surface area contributed by atoms with Crippen molar-refractivity contribution in [3.8, 4) is 107 Å². The molecule has 0 bridgehead atoms. The van der Waals surface area contributed by atoms with Crippen LogP contribution in [-0.4, -0.2) is 19.5 Å². The lowest BCUT2D eigenvalue weighted by molar-refractivity contribution is 0.668. The Kier molecular flexibility index (Phi) is 11.8. The molecule has 13 aromatic carbocycles. The fourth-order valence-corrected chi connectivity index (χ4v) is 13.0. The van der Waals surface area contributed by atoms with Crippen LogP contribution in [0.2, 0.25) is 0 Å². The first-order valence-corrected chi connectivity index (χ1v) is 29.4. The summed E-state index contributed by atoms with van der Waals surface area (Å²) in [5.74, 6) is 1.55. The first-order chi connectivity index (χ1) is 43.1. The highest BCUT2D eigenvalue weighted by Gasteiger charge is 2.27. The van der Waals surface area contributed by atoms with Gasteiger partial charge in [-0.05, 0) is 128 Å². The van der Waals surface area contributed by atoms with Crippen LogP contribution in [0.3, 0.4) is 0 Å². The van der Waals surface area contributed by atoms with Crippen LogP contribution in [0.25, 0.3) is 172 Å². The lowest BCUT2D eigenvalue weighted by Gasteiger charge is -2.22. The maximum Gasteiger partial charge on any atom is 0.164 e. The maximum atomic E-state index is 6.50. The molecule has 4 heterocycles. The lowest BCUT2D eigenvalue weighted by atomic mass is 9.90. The Balaban J connectivity index is 0.996. The Morgan fingerprint density at radius 3 is 1.06 bits per heavy atom. The van der Waals surface area contributed by atoms with Crippen LogP contribution in [0.5, 0.6) is 0 Å². The fraction of sp³-hybridized carbons (Fsp3) is 0. The van der Waals surface area contributed by atoms with E-state index in [4.69, 9.17) is 23.8 Å². The molecule has 0 fully saturated rings. The van der Waals surface area contributed by atoms with Crippen LogP contribution in [0.15, 0.2) is 312 Å². The van der Waals surface area contributed by atoms with E-state index >= 15 is 0 Å². The van der Waals surface area contributed by atoms with Crippen molar-refractivity contribution in [2.45, 2.75) is 0 Å². The zero-order valence-electron chi connectivity index (χ0n) is 47.0. The summed E-state index contributed by atoms with van der Waals surface area (Å²) in [7, 11) is 0. The highest BCUT2D eigenvalue weighted by atomic mass is 16.3. The van der Waals surface area contributed by atoms with Gasteiger partial charge in [-0.1, -0.05) is 231 Å². The van der Waals surface area contributed by atoms with E-state index in [0.717, 1.165) is 155 Å². The predicted molar refractivity (Wildman–Crippen MR) is 358 cm³/mol. The second kappa shape index (κ2) is 20.6. The first kappa shape index (κ1) is 49.8. The number of aromatic nitrogens is 4. The topological polar surface area (TPSA) is 69.9 Å². The van der Waals surface area contributed by atoms with Crippen LogP contribution in [-0.2, 0) is 0 Å². The summed E-state index contributed by atoms with van der Waals surface area (Å²) in [5.41, 5.74) is 21.9. The van der Waals surface area contributed by atoms with Crippen molar-refractivity contribution in [1.82, 2.24) is 19.5 Å². The molecule has 0 N–H and O–H groups in total. The number of rotatable bonds is 10. The molecule has 6 heteroatoms. The number of fused-ring (bicyclic) bond motifs is 9. The molecule has 0 amide bonds. The van der Waals surface area contributed by atoms with Gasteiger partial charge >= 0.3 is 0 Å². The molecule has 4 aromatic heterocycles. The van der Waals surface area contributed by atoms with Crippen molar-refractivity contribution in [2.75, 3.05) is 0 Å². The summed E-state index contributed by atoms with van der Waals surface area (Å²) in [6.45, 7) is 0. The molecule has 17 aromatic rings. The molecule has 0 spiro atoms. The van der Waals surface area contributed by atoms with E-state index in [1.807, 2.05) is 36.4 Å². The number of benzene rings is 13. The molecule has 0 saturated carbocycles. The van der Waals surface area contributed by atoms with Gasteiger partial charge < -0.3 is 13.4 Å². The maximum absolute atomic E-state index is 6.50. The minimum Gasteiger partial charge on any atom is -0.456 e. The molecule has 0 aliphatic carbocycles. The van der Waals surface area contributed by atoms with Crippen LogP contribution in [0.4, 0.5) is 0 Å². The molecule has 406 valence electrons. The van der Waals surface area contributed by atoms with Gasteiger partial charge in [0.05, 0.1) is 16.7 Å². The predicted octanol–water partition coefficient (Wildman–Crippen LogP) is 21.8. The first-order valence-electron chi connectivity index (χ1n) is 29.4. The van der Waals surface area contributed by atoms with E-state index in [1.54, 1.807) is 0 Å². The van der Waals surface area contributed by atoms with Crippen LogP contribution < -0.4 is 0 Å². The normalized spacial score (nSPS) is 11.7. The van der Waals surface area contributed by atoms with Crippen molar-refractivity contribution >= 4 is 65.7 Å². The summed E-state index contributed by atoms with van der Waals surface area (Å²) in [6, 6.07) is 108. The molecule has 0 unspecified atom stereocenters. The van der Waals surface area contributed by atoms with E-state index < -0.39 is 0 Å². The highest BCUT2D eigenvalue weighted by Crippen LogP contribution is 2.49. The molecular formula is C81H50N4O2. The molecule has 0 aliphatic heterocycles. The Labute approximate surface area is 501 Å². The minimum absolute atomic E-state index is 0.514. The van der Waals surface area contributed by atoms with Crippen molar-refractivity contribution in [3.05, 3.63) is 303 Å². The van der Waals surface area contributed by atoms with Gasteiger partial charge in [0, 0.05) is 60.1 Å². The van der Waals surface area contributed by atoms with Crippen molar-refractivity contribution in [2.24, 2.45) is 0 Å². The number of furan rings is 2. The van der Waals surface area contributed by atoms with Gasteiger partial charge in [-0.3, -0.25) is 0 Å². The smallest absolute Gasteiger partial charge is 0.164 e. The van der Waals surface area contributed by atoms with E-state index in [0.29, 0.717) is 17.5 Å². The summed E-state index contributed by atoms with van der Waals surface area (Å²) >= 11 is 0. The SMILES string of the molecule is c1ccc(-c2cc(-c3ccccc3)c3c4cc(-c5ccccc5)c(-c5ccccc5)cc4n(-c4c(-c5ccccc5)cc(-c5nc(-c6ccc7c(c6)oc6ccccc67)nc(-c6ccc7c(c6)oc6ccccc67)n5)cc4-c4ccccc4)c3c2)cc1. The van der Waals surface area contributed by atoms with Crippen LogP contribution >= 0.6 is 0 Å². The average Bonchev–Trinajstić information content (AvgIpc) is 2.55. The van der Waals surface area contributed by atoms with Gasteiger partial charge in [0.15, 0.2) is 17.5 Å². The third-order valence-electron chi connectivity index (χ3n) is 17.0. The Hall–Kier alpha value is -11.7. The van der Waals surface area contributed by atoms with E-state index in [-0.39, 0.29) is 0 Å². The number of hydrogen-bond acceptors (Lipinski definition) is 5. The third-order valence-corrected chi connectivity index (χ3v) is 17.0. The molecule has 6 nitrogen and oxygen atoms in total. The summed E-state index contributed by atoms with van der Waals surface area (Å²) in [6.07, 6.45) is 0. The van der Waals surface area contributed by atoms with Crippen molar-refractivity contribution in [3.63, 3.8) is 0 Å². The molecule has 0 radical (unpaired) electrons. The standard InChI is InChI=1S/C81H50N4O2/c1-7-23-51(24-8-1)59-43-67(54-29-13-4-14-30-54)77-70-49-65(52-25-9-2-10-26-52)66(53-27-11-3-12-28-53)50-71(70)85(72(77)46-59)78-68(55-31-15-5-16-32-55)44-60(45-69(78)56-33-17-6-18-34-56)81-83-79(57-39-41-63-61-35-19-21-37-73(61)86-75(63)47-57)82-80(84-81)58-40-42-64-62-36-20-22-38-74(62)87-76(64)48-58/h1-50H. The summed E-state index contributed by atoms with van der Waals surface area (Å²) in [5, 5.41) is 6.46. The monoisotopic (exact) mass is 1110 g/mol. The number of nitrogens with zero attached hydrogens (tertiary/aromatic N) is 4.